The zero-order chi connectivity index (χ0) is 14.7. The Balaban J connectivity index is 2.33. The lowest BCUT2D eigenvalue weighted by atomic mass is 10.1. The van der Waals surface area contributed by atoms with E-state index in [2.05, 4.69) is 5.32 Å². The lowest BCUT2D eigenvalue weighted by Crippen LogP contribution is -2.26. The maximum Gasteiger partial charge on any atom is 0.291 e. The third-order valence-electron chi connectivity index (χ3n) is 2.41. The van der Waals surface area contributed by atoms with Gasteiger partial charge in [0.2, 0.25) is 0 Å². The second-order valence-electron chi connectivity index (χ2n) is 3.81. The number of anilines is 1. The minimum absolute atomic E-state index is 0.00106. The quantitative estimate of drug-likeness (QED) is 0.782. The maximum absolute atomic E-state index is 11.7. The van der Waals surface area contributed by atoms with Gasteiger partial charge in [-0.1, -0.05) is 0 Å². The van der Waals surface area contributed by atoms with Crippen LogP contribution in [0.15, 0.2) is 41.0 Å². The van der Waals surface area contributed by atoms with E-state index in [0.29, 0.717) is 0 Å². The molecule has 0 fully saturated rings. The SMILES string of the molecule is O=C([O-])c1cc(NC(=O)c2ccco2)cc(C(=O)[O-])c1. The third-order valence-corrected chi connectivity index (χ3v) is 2.41. The van der Waals surface area contributed by atoms with E-state index in [0.717, 1.165) is 18.2 Å². The topological polar surface area (TPSA) is 122 Å². The molecule has 102 valence electrons. The molecule has 1 aromatic heterocycles. The van der Waals surface area contributed by atoms with E-state index in [-0.39, 0.29) is 22.6 Å². The van der Waals surface area contributed by atoms with Crippen molar-refractivity contribution in [2.24, 2.45) is 0 Å². The van der Waals surface area contributed by atoms with Crippen molar-refractivity contribution in [3.8, 4) is 0 Å². The summed E-state index contributed by atoms with van der Waals surface area (Å²) >= 11 is 0. The fourth-order valence-corrected chi connectivity index (χ4v) is 1.54. The summed E-state index contributed by atoms with van der Waals surface area (Å²) in [5.74, 6) is -3.78. The second-order valence-corrected chi connectivity index (χ2v) is 3.81. The summed E-state index contributed by atoms with van der Waals surface area (Å²) in [6.07, 6.45) is 1.29. The zero-order valence-electron chi connectivity index (χ0n) is 9.91. The molecule has 0 unspecified atom stereocenters. The first-order valence-corrected chi connectivity index (χ1v) is 5.40. The summed E-state index contributed by atoms with van der Waals surface area (Å²) in [6, 6.07) is 5.93. The van der Waals surface area contributed by atoms with Crippen molar-refractivity contribution in [1.29, 1.82) is 0 Å². The molecule has 0 saturated carbocycles. The average Bonchev–Trinajstić information content (AvgIpc) is 2.92. The van der Waals surface area contributed by atoms with Gasteiger partial charge < -0.3 is 29.5 Å². The van der Waals surface area contributed by atoms with E-state index in [1.807, 2.05) is 0 Å². The van der Waals surface area contributed by atoms with Gasteiger partial charge in [-0.15, -0.1) is 0 Å². The summed E-state index contributed by atoms with van der Waals surface area (Å²) in [5, 5.41) is 23.9. The molecule has 1 N–H and O–H groups in total. The summed E-state index contributed by atoms with van der Waals surface area (Å²) in [6.45, 7) is 0. The van der Waals surface area contributed by atoms with Crippen LogP contribution in [0, 0.1) is 0 Å². The first-order valence-electron chi connectivity index (χ1n) is 5.40. The van der Waals surface area contributed by atoms with Crippen LogP contribution < -0.4 is 15.5 Å². The first kappa shape index (κ1) is 13.3. The summed E-state index contributed by atoms with van der Waals surface area (Å²) in [4.78, 5) is 33.3. The second kappa shape index (κ2) is 5.27. The fraction of sp³-hybridized carbons (Fsp3) is 0. The van der Waals surface area contributed by atoms with Crippen LogP contribution in [0.25, 0.3) is 0 Å². The molecule has 1 amide bonds. The molecule has 0 bridgehead atoms. The van der Waals surface area contributed by atoms with Crippen molar-refractivity contribution in [3.05, 3.63) is 53.5 Å². The highest BCUT2D eigenvalue weighted by Crippen LogP contribution is 2.16. The number of amides is 1. The van der Waals surface area contributed by atoms with Crippen LogP contribution in [0.3, 0.4) is 0 Å². The summed E-state index contributed by atoms with van der Waals surface area (Å²) in [7, 11) is 0. The molecule has 0 atom stereocenters. The lowest BCUT2D eigenvalue weighted by molar-refractivity contribution is -0.255. The van der Waals surface area contributed by atoms with Gasteiger partial charge in [-0.25, -0.2) is 0 Å². The largest absolute Gasteiger partial charge is 0.545 e. The standard InChI is InChI=1S/C13H9NO6/c15-11(10-2-1-3-20-10)14-9-5-7(12(16)17)4-8(6-9)13(18)19/h1-6H,(H,14,15)(H,16,17)(H,18,19)/p-2. The van der Waals surface area contributed by atoms with Crippen LogP contribution in [0.4, 0.5) is 5.69 Å². The Hall–Kier alpha value is -3.09. The Morgan fingerprint density at radius 1 is 1.00 bits per heavy atom. The smallest absolute Gasteiger partial charge is 0.291 e. The van der Waals surface area contributed by atoms with E-state index in [9.17, 15) is 24.6 Å². The number of aromatic carboxylic acids is 2. The molecule has 2 aromatic rings. The van der Waals surface area contributed by atoms with Crippen molar-refractivity contribution < 1.29 is 29.0 Å². The molecule has 0 aliphatic heterocycles. The minimum Gasteiger partial charge on any atom is -0.545 e. The zero-order valence-corrected chi connectivity index (χ0v) is 9.91. The molecule has 1 aromatic carbocycles. The number of nitrogens with one attached hydrogen (secondary N) is 1. The molecular weight excluding hydrogens is 266 g/mol. The summed E-state index contributed by atoms with van der Waals surface area (Å²) < 4.78 is 4.85. The van der Waals surface area contributed by atoms with E-state index in [1.165, 1.54) is 18.4 Å². The number of hydrogen-bond acceptors (Lipinski definition) is 6. The molecule has 0 spiro atoms. The Morgan fingerprint density at radius 2 is 1.60 bits per heavy atom. The minimum atomic E-state index is -1.57. The number of hydrogen-bond donors (Lipinski definition) is 1. The molecular formula is C13H7NO6-2. The summed E-state index contributed by atoms with van der Waals surface area (Å²) in [5.41, 5.74) is -0.796. The lowest BCUT2D eigenvalue weighted by Gasteiger charge is -2.11. The number of furan rings is 1. The molecule has 2 rings (SSSR count). The number of benzene rings is 1. The van der Waals surface area contributed by atoms with E-state index < -0.39 is 17.8 Å². The van der Waals surface area contributed by atoms with Crippen molar-refractivity contribution in [1.82, 2.24) is 0 Å². The van der Waals surface area contributed by atoms with Gasteiger partial charge in [0.05, 0.1) is 18.2 Å². The number of carbonyl (C=O) groups excluding carboxylic acids is 3. The van der Waals surface area contributed by atoms with Crippen LogP contribution in [0.2, 0.25) is 0 Å². The Labute approximate surface area is 112 Å². The predicted octanol–water partition coefficient (Wildman–Crippen LogP) is -0.741. The highest BCUT2D eigenvalue weighted by atomic mass is 16.4. The van der Waals surface area contributed by atoms with Crippen LogP contribution in [0.5, 0.6) is 0 Å². The van der Waals surface area contributed by atoms with Crippen LogP contribution in [0.1, 0.15) is 31.3 Å². The fourth-order valence-electron chi connectivity index (χ4n) is 1.54. The van der Waals surface area contributed by atoms with Crippen LogP contribution in [-0.2, 0) is 0 Å². The van der Waals surface area contributed by atoms with E-state index >= 15 is 0 Å². The van der Waals surface area contributed by atoms with Gasteiger partial charge in [0.25, 0.3) is 5.91 Å². The Morgan fingerprint density at radius 3 is 2.05 bits per heavy atom. The Kier molecular flexibility index (Phi) is 3.52. The molecule has 20 heavy (non-hydrogen) atoms. The van der Waals surface area contributed by atoms with E-state index in [4.69, 9.17) is 4.42 Å². The normalized spacial score (nSPS) is 10.0. The van der Waals surface area contributed by atoms with Gasteiger partial charge in [0, 0.05) is 5.69 Å². The van der Waals surface area contributed by atoms with Gasteiger partial charge in [0.1, 0.15) is 0 Å². The van der Waals surface area contributed by atoms with Gasteiger partial charge in [0.15, 0.2) is 5.76 Å². The molecule has 0 saturated heterocycles. The van der Waals surface area contributed by atoms with Gasteiger partial charge in [-0.2, -0.15) is 0 Å². The van der Waals surface area contributed by atoms with Gasteiger partial charge in [-0.05, 0) is 41.5 Å². The number of carboxylic acid groups (broad SMARTS) is 2. The highest BCUT2D eigenvalue weighted by Gasteiger charge is 2.10. The predicted molar refractivity (Wildman–Crippen MR) is 61.8 cm³/mol. The number of rotatable bonds is 4. The van der Waals surface area contributed by atoms with Crippen molar-refractivity contribution in [2.45, 2.75) is 0 Å². The average molecular weight is 273 g/mol. The highest BCUT2D eigenvalue weighted by molar-refractivity contribution is 6.03. The molecule has 0 aliphatic rings. The monoisotopic (exact) mass is 273 g/mol. The molecule has 0 aliphatic carbocycles. The number of carboxylic acids is 2. The van der Waals surface area contributed by atoms with Gasteiger partial charge in [-0.3, -0.25) is 4.79 Å². The maximum atomic E-state index is 11.7. The Bertz CT molecular complexity index is 642. The number of carbonyl (C=O) groups is 3. The van der Waals surface area contributed by atoms with Crippen LogP contribution >= 0.6 is 0 Å². The molecule has 7 nitrogen and oxygen atoms in total. The third kappa shape index (κ3) is 2.83. The van der Waals surface area contributed by atoms with Gasteiger partial charge >= 0.3 is 0 Å². The van der Waals surface area contributed by atoms with Crippen molar-refractivity contribution in [2.75, 3.05) is 5.32 Å². The van der Waals surface area contributed by atoms with E-state index in [1.54, 1.807) is 0 Å². The molecule has 0 radical (unpaired) electrons. The molecule has 7 heteroatoms. The van der Waals surface area contributed by atoms with Crippen LogP contribution in [-0.4, -0.2) is 17.8 Å². The van der Waals surface area contributed by atoms with Crippen molar-refractivity contribution >= 4 is 23.5 Å². The van der Waals surface area contributed by atoms with Crippen molar-refractivity contribution in [3.63, 3.8) is 0 Å². The first-order chi connectivity index (χ1) is 9.47. The molecule has 1 heterocycles.